The molecule has 3 N–H and O–H groups in total. The van der Waals surface area contributed by atoms with E-state index in [9.17, 15) is 5.11 Å². The van der Waals surface area contributed by atoms with Crippen LogP contribution in [0, 0.1) is 0 Å². The number of para-hydroxylation sites is 1. The van der Waals surface area contributed by atoms with Gasteiger partial charge in [-0.15, -0.1) is 0 Å². The van der Waals surface area contributed by atoms with Crippen LogP contribution >= 0.6 is 0 Å². The Kier molecular flexibility index (Phi) is 2.37. The van der Waals surface area contributed by atoms with Gasteiger partial charge in [0.15, 0.2) is 5.75 Å². The second-order valence-corrected chi connectivity index (χ2v) is 2.82. The zero-order valence-electron chi connectivity index (χ0n) is 7.79. The lowest BCUT2D eigenvalue weighted by molar-refractivity contribution is 0.435. The molecule has 0 aliphatic heterocycles. The highest BCUT2D eigenvalue weighted by Gasteiger charge is 2.06. The van der Waals surface area contributed by atoms with Gasteiger partial charge in [0.1, 0.15) is 11.4 Å². The van der Waals surface area contributed by atoms with E-state index in [2.05, 4.69) is 9.97 Å². The van der Waals surface area contributed by atoms with Gasteiger partial charge in [0.05, 0.1) is 0 Å². The fourth-order valence-electron chi connectivity index (χ4n) is 1.06. The summed E-state index contributed by atoms with van der Waals surface area (Å²) in [6.07, 6.45) is 3.11. The number of nitrogen functional groups attached to an aromatic ring is 1. The van der Waals surface area contributed by atoms with Gasteiger partial charge in [0.25, 0.3) is 0 Å². The van der Waals surface area contributed by atoms with Crippen molar-refractivity contribution in [2.24, 2.45) is 0 Å². The van der Waals surface area contributed by atoms with Gasteiger partial charge >= 0.3 is 6.01 Å². The Morgan fingerprint density at radius 2 is 1.87 bits per heavy atom. The molecular formula is C10H9N3O2. The summed E-state index contributed by atoms with van der Waals surface area (Å²) in [5.74, 6) is 0.310. The number of phenols is 1. The molecule has 0 aliphatic carbocycles. The highest BCUT2D eigenvalue weighted by atomic mass is 16.5. The summed E-state index contributed by atoms with van der Waals surface area (Å²) >= 11 is 0. The van der Waals surface area contributed by atoms with Gasteiger partial charge in [-0.1, -0.05) is 6.07 Å². The predicted octanol–water partition coefficient (Wildman–Crippen LogP) is 1.56. The van der Waals surface area contributed by atoms with Crippen LogP contribution in [0.2, 0.25) is 0 Å². The lowest BCUT2D eigenvalue weighted by atomic mass is 10.3. The van der Waals surface area contributed by atoms with E-state index >= 15 is 0 Å². The minimum Gasteiger partial charge on any atom is -0.506 e. The number of aromatic hydroxyl groups is 1. The van der Waals surface area contributed by atoms with Crippen LogP contribution in [-0.4, -0.2) is 15.1 Å². The molecule has 0 aliphatic rings. The first-order chi connectivity index (χ1) is 7.27. The van der Waals surface area contributed by atoms with Gasteiger partial charge in [-0.2, -0.15) is 0 Å². The number of hydrogen-bond donors (Lipinski definition) is 2. The zero-order valence-corrected chi connectivity index (χ0v) is 7.79. The molecule has 0 radical (unpaired) electrons. The van der Waals surface area contributed by atoms with Gasteiger partial charge in [0, 0.05) is 12.4 Å². The van der Waals surface area contributed by atoms with Crippen molar-refractivity contribution in [3.05, 3.63) is 36.7 Å². The average molecular weight is 203 g/mol. The molecule has 0 atom stereocenters. The molecule has 2 rings (SSSR count). The third kappa shape index (κ3) is 1.96. The summed E-state index contributed by atoms with van der Waals surface area (Å²) in [6, 6.07) is 6.61. The van der Waals surface area contributed by atoms with Gasteiger partial charge in [-0.05, 0) is 18.2 Å². The number of ether oxygens (including phenoxy) is 1. The fourth-order valence-corrected chi connectivity index (χ4v) is 1.06. The second-order valence-electron chi connectivity index (χ2n) is 2.82. The Morgan fingerprint density at radius 1 is 1.13 bits per heavy atom. The second kappa shape index (κ2) is 3.83. The number of benzene rings is 1. The predicted molar refractivity (Wildman–Crippen MR) is 54.6 cm³/mol. The molecule has 1 aromatic heterocycles. The lowest BCUT2D eigenvalue weighted by Crippen LogP contribution is -1.95. The monoisotopic (exact) mass is 203 g/mol. The molecule has 0 saturated carbocycles. The van der Waals surface area contributed by atoms with E-state index in [1.165, 1.54) is 6.07 Å². The van der Waals surface area contributed by atoms with Crippen molar-refractivity contribution in [3.63, 3.8) is 0 Å². The molecule has 15 heavy (non-hydrogen) atoms. The van der Waals surface area contributed by atoms with Crippen LogP contribution < -0.4 is 10.5 Å². The number of nitrogens with two attached hydrogens (primary N) is 1. The topological polar surface area (TPSA) is 81.3 Å². The molecule has 0 spiro atoms. The normalized spacial score (nSPS) is 9.87. The Balaban J connectivity index is 2.29. The van der Waals surface area contributed by atoms with Crippen molar-refractivity contribution >= 4 is 5.69 Å². The summed E-state index contributed by atoms with van der Waals surface area (Å²) in [5, 5.41) is 9.33. The number of rotatable bonds is 2. The Hall–Kier alpha value is -2.30. The van der Waals surface area contributed by atoms with Crippen molar-refractivity contribution in [1.82, 2.24) is 9.97 Å². The van der Waals surface area contributed by atoms with Crippen LogP contribution in [0.25, 0.3) is 0 Å². The SMILES string of the molecule is Nc1c(O)cccc1Oc1ncccn1. The maximum absolute atomic E-state index is 9.33. The highest BCUT2D eigenvalue weighted by Crippen LogP contribution is 2.32. The standard InChI is InChI=1S/C10H9N3O2/c11-9-7(14)3-1-4-8(9)15-10-12-5-2-6-13-10/h1-6,14H,11H2. The Morgan fingerprint density at radius 3 is 2.60 bits per heavy atom. The molecular weight excluding hydrogens is 194 g/mol. The number of phenolic OH excluding ortho intramolecular Hbond substituents is 1. The van der Waals surface area contributed by atoms with Gasteiger partial charge < -0.3 is 15.6 Å². The van der Waals surface area contributed by atoms with Gasteiger partial charge in [-0.25, -0.2) is 9.97 Å². The first kappa shape index (κ1) is 9.26. The molecule has 0 bridgehead atoms. The van der Waals surface area contributed by atoms with Crippen LogP contribution in [-0.2, 0) is 0 Å². The van der Waals surface area contributed by atoms with Crippen LogP contribution in [0.1, 0.15) is 0 Å². The van der Waals surface area contributed by atoms with E-state index in [-0.39, 0.29) is 17.4 Å². The van der Waals surface area contributed by atoms with Crippen molar-refractivity contribution in [1.29, 1.82) is 0 Å². The van der Waals surface area contributed by atoms with Crippen LogP contribution in [0.5, 0.6) is 17.5 Å². The van der Waals surface area contributed by atoms with Crippen LogP contribution in [0.3, 0.4) is 0 Å². The van der Waals surface area contributed by atoms with Crippen LogP contribution in [0.15, 0.2) is 36.7 Å². The summed E-state index contributed by atoms with van der Waals surface area (Å²) in [6.45, 7) is 0. The molecule has 1 aromatic carbocycles. The minimum absolute atomic E-state index is 0.0246. The van der Waals surface area contributed by atoms with Crippen molar-refractivity contribution in [3.8, 4) is 17.5 Å². The molecule has 0 amide bonds. The number of hydrogen-bond acceptors (Lipinski definition) is 5. The summed E-state index contributed by atoms with van der Waals surface area (Å²) in [5.41, 5.74) is 5.77. The molecule has 5 nitrogen and oxygen atoms in total. The molecule has 0 fully saturated rings. The van der Waals surface area contributed by atoms with E-state index in [0.29, 0.717) is 5.75 Å². The quantitative estimate of drug-likeness (QED) is 0.571. The maximum atomic E-state index is 9.33. The molecule has 0 unspecified atom stereocenters. The third-order valence-electron chi connectivity index (χ3n) is 1.79. The first-order valence-corrected chi connectivity index (χ1v) is 4.29. The van der Waals surface area contributed by atoms with E-state index in [0.717, 1.165) is 0 Å². The van der Waals surface area contributed by atoms with Crippen LogP contribution in [0.4, 0.5) is 5.69 Å². The Bertz CT molecular complexity index is 459. The number of aromatic nitrogens is 2. The zero-order chi connectivity index (χ0) is 10.7. The highest BCUT2D eigenvalue weighted by molar-refractivity contribution is 5.62. The number of nitrogens with zero attached hydrogens (tertiary/aromatic N) is 2. The maximum Gasteiger partial charge on any atom is 0.321 e. The van der Waals surface area contributed by atoms with Gasteiger partial charge in [0.2, 0.25) is 0 Å². The smallest absolute Gasteiger partial charge is 0.321 e. The van der Waals surface area contributed by atoms with Crippen molar-refractivity contribution in [2.45, 2.75) is 0 Å². The van der Waals surface area contributed by atoms with E-state index < -0.39 is 0 Å². The molecule has 5 heteroatoms. The minimum atomic E-state index is -0.0246. The fraction of sp³-hybridized carbons (Fsp3) is 0. The lowest BCUT2D eigenvalue weighted by Gasteiger charge is -2.06. The Labute approximate surface area is 86.2 Å². The summed E-state index contributed by atoms with van der Waals surface area (Å²) in [4.78, 5) is 7.75. The van der Waals surface area contributed by atoms with Gasteiger partial charge in [-0.3, -0.25) is 0 Å². The van der Waals surface area contributed by atoms with E-state index in [4.69, 9.17) is 10.5 Å². The molecule has 0 saturated heterocycles. The number of anilines is 1. The molecule has 76 valence electrons. The van der Waals surface area contributed by atoms with Crippen molar-refractivity contribution in [2.75, 3.05) is 5.73 Å². The largest absolute Gasteiger partial charge is 0.506 e. The third-order valence-corrected chi connectivity index (χ3v) is 1.79. The molecule has 2 aromatic rings. The van der Waals surface area contributed by atoms with Crippen molar-refractivity contribution < 1.29 is 9.84 Å². The average Bonchev–Trinajstić information content (AvgIpc) is 2.26. The van der Waals surface area contributed by atoms with E-state index in [1.807, 2.05) is 0 Å². The first-order valence-electron chi connectivity index (χ1n) is 4.29. The molecule has 1 heterocycles. The van der Waals surface area contributed by atoms with E-state index in [1.54, 1.807) is 30.6 Å². The summed E-state index contributed by atoms with van der Waals surface area (Å²) < 4.78 is 5.28. The summed E-state index contributed by atoms with van der Waals surface area (Å²) in [7, 11) is 0.